The molecule has 0 saturated carbocycles. The van der Waals surface area contributed by atoms with Crippen molar-refractivity contribution in [3.05, 3.63) is 59.7 Å². The number of amides is 2. The van der Waals surface area contributed by atoms with Gasteiger partial charge >= 0.3 is 12.1 Å². The third-order valence-electron chi connectivity index (χ3n) is 5.85. The van der Waals surface area contributed by atoms with Gasteiger partial charge in [-0.25, -0.2) is 4.79 Å². The Balaban J connectivity index is 1.63. The van der Waals surface area contributed by atoms with Gasteiger partial charge in [-0.15, -0.1) is 0 Å². The van der Waals surface area contributed by atoms with Crippen LogP contribution in [0.15, 0.2) is 48.5 Å². The van der Waals surface area contributed by atoms with E-state index in [9.17, 15) is 19.5 Å². The van der Waals surface area contributed by atoms with E-state index in [1.54, 1.807) is 13.8 Å². The molecule has 1 atom stereocenters. The summed E-state index contributed by atoms with van der Waals surface area (Å²) in [6, 6.07) is 15.3. The maximum absolute atomic E-state index is 12.6. The molecule has 3 N–H and O–H groups in total. The van der Waals surface area contributed by atoms with Crippen LogP contribution in [0.25, 0.3) is 11.1 Å². The predicted octanol–water partition coefficient (Wildman–Crippen LogP) is 3.78. The van der Waals surface area contributed by atoms with Crippen LogP contribution in [0.1, 0.15) is 44.7 Å². The highest BCUT2D eigenvalue weighted by atomic mass is 16.5. The van der Waals surface area contributed by atoms with Crippen LogP contribution in [-0.2, 0) is 14.3 Å². The Morgan fingerprint density at radius 3 is 2.03 bits per heavy atom. The van der Waals surface area contributed by atoms with E-state index in [1.807, 2.05) is 36.4 Å². The number of carboxylic acids is 1. The van der Waals surface area contributed by atoms with E-state index in [2.05, 4.69) is 22.8 Å². The molecule has 2 aromatic rings. The SMILES string of the molecule is CC(C)[C@H](NC(=O)OCC1c2ccccc2-c2ccccc21)C(=O)NCC(C)(C)C(=O)O. The van der Waals surface area contributed by atoms with E-state index in [-0.39, 0.29) is 25.0 Å². The molecule has 1 aliphatic carbocycles. The fourth-order valence-electron chi connectivity index (χ4n) is 3.80. The van der Waals surface area contributed by atoms with Crippen molar-refractivity contribution in [3.63, 3.8) is 0 Å². The summed E-state index contributed by atoms with van der Waals surface area (Å²) < 4.78 is 5.53. The zero-order chi connectivity index (χ0) is 23.5. The number of carbonyl (C=O) groups excluding carboxylic acids is 2. The number of hydrogen-bond acceptors (Lipinski definition) is 4. The van der Waals surface area contributed by atoms with E-state index in [1.165, 1.54) is 13.8 Å². The number of fused-ring (bicyclic) bond motifs is 3. The predicted molar refractivity (Wildman–Crippen MR) is 121 cm³/mol. The van der Waals surface area contributed by atoms with Gasteiger partial charge in [-0.1, -0.05) is 62.4 Å². The molecule has 0 radical (unpaired) electrons. The van der Waals surface area contributed by atoms with Gasteiger partial charge in [0.05, 0.1) is 5.41 Å². The molecule has 0 spiro atoms. The Morgan fingerprint density at radius 2 is 1.53 bits per heavy atom. The van der Waals surface area contributed by atoms with Crippen molar-refractivity contribution in [3.8, 4) is 11.1 Å². The van der Waals surface area contributed by atoms with Crippen LogP contribution in [0.4, 0.5) is 4.79 Å². The highest BCUT2D eigenvalue weighted by Crippen LogP contribution is 2.44. The number of carbonyl (C=O) groups is 3. The minimum atomic E-state index is -1.11. The zero-order valence-corrected chi connectivity index (χ0v) is 18.8. The van der Waals surface area contributed by atoms with Crippen LogP contribution < -0.4 is 10.6 Å². The van der Waals surface area contributed by atoms with Gasteiger partial charge < -0.3 is 20.5 Å². The number of benzene rings is 2. The molecule has 0 bridgehead atoms. The maximum Gasteiger partial charge on any atom is 0.407 e. The normalized spacial score (nSPS) is 13.8. The number of alkyl carbamates (subject to hydrolysis) is 1. The van der Waals surface area contributed by atoms with E-state index >= 15 is 0 Å². The number of aliphatic carboxylic acids is 1. The summed E-state index contributed by atoms with van der Waals surface area (Å²) in [7, 11) is 0. The van der Waals surface area contributed by atoms with Crippen molar-refractivity contribution in [2.75, 3.05) is 13.2 Å². The smallest absolute Gasteiger partial charge is 0.407 e. The lowest BCUT2D eigenvalue weighted by Gasteiger charge is -2.25. The lowest BCUT2D eigenvalue weighted by molar-refractivity contribution is -0.146. The second-order valence-electron chi connectivity index (χ2n) is 9.10. The third-order valence-corrected chi connectivity index (χ3v) is 5.85. The molecule has 0 saturated heterocycles. The molecule has 0 fully saturated rings. The first-order valence-electron chi connectivity index (χ1n) is 10.7. The van der Waals surface area contributed by atoms with Crippen molar-refractivity contribution in [1.82, 2.24) is 10.6 Å². The van der Waals surface area contributed by atoms with Gasteiger partial charge in [-0.2, -0.15) is 0 Å². The second kappa shape index (κ2) is 9.42. The van der Waals surface area contributed by atoms with Crippen LogP contribution in [0.2, 0.25) is 0 Å². The molecule has 170 valence electrons. The Labute approximate surface area is 188 Å². The van der Waals surface area contributed by atoms with Crippen LogP contribution in [0.3, 0.4) is 0 Å². The highest BCUT2D eigenvalue weighted by Gasteiger charge is 2.32. The number of carboxylic acid groups (broad SMARTS) is 1. The van der Waals surface area contributed by atoms with Gasteiger partial charge in [0.2, 0.25) is 5.91 Å². The summed E-state index contributed by atoms with van der Waals surface area (Å²) in [6.45, 7) is 6.76. The van der Waals surface area contributed by atoms with Crippen LogP contribution in [-0.4, -0.2) is 42.3 Å². The van der Waals surface area contributed by atoms with Gasteiger partial charge in [0.1, 0.15) is 12.6 Å². The highest BCUT2D eigenvalue weighted by molar-refractivity contribution is 5.86. The first-order valence-corrected chi connectivity index (χ1v) is 10.7. The van der Waals surface area contributed by atoms with Crippen molar-refractivity contribution >= 4 is 18.0 Å². The second-order valence-corrected chi connectivity index (χ2v) is 9.10. The first kappa shape index (κ1) is 23.3. The summed E-state index contributed by atoms with van der Waals surface area (Å²) in [5.74, 6) is -1.73. The molecule has 3 rings (SSSR count). The molecule has 0 aliphatic heterocycles. The summed E-state index contributed by atoms with van der Waals surface area (Å²) >= 11 is 0. The maximum atomic E-state index is 12.6. The van der Waals surface area contributed by atoms with E-state index in [4.69, 9.17) is 4.74 Å². The third kappa shape index (κ3) is 4.93. The quantitative estimate of drug-likeness (QED) is 0.582. The summed E-state index contributed by atoms with van der Waals surface area (Å²) in [5, 5.41) is 14.5. The summed E-state index contributed by atoms with van der Waals surface area (Å²) in [4.78, 5) is 36.4. The molecule has 0 aromatic heterocycles. The molecule has 2 aromatic carbocycles. The Hall–Kier alpha value is -3.35. The van der Waals surface area contributed by atoms with Crippen molar-refractivity contribution in [2.45, 2.75) is 39.7 Å². The van der Waals surface area contributed by atoms with Crippen LogP contribution in [0.5, 0.6) is 0 Å². The molecular formula is C25H30N2O5. The minimum Gasteiger partial charge on any atom is -0.481 e. The zero-order valence-electron chi connectivity index (χ0n) is 18.8. The van der Waals surface area contributed by atoms with E-state index < -0.39 is 29.4 Å². The van der Waals surface area contributed by atoms with Crippen LogP contribution in [0, 0.1) is 11.3 Å². The molecule has 1 aliphatic rings. The summed E-state index contributed by atoms with van der Waals surface area (Å²) in [5.41, 5.74) is 3.38. The van der Waals surface area contributed by atoms with Crippen molar-refractivity contribution < 1.29 is 24.2 Å². The standard InChI is InChI=1S/C25H30N2O5/c1-15(2)21(22(28)26-14-25(3,4)23(29)30)27-24(31)32-13-20-18-11-7-5-9-16(18)17-10-6-8-12-19(17)20/h5-12,15,20-21H,13-14H2,1-4H3,(H,26,28)(H,27,31)(H,29,30)/t21-/m0/s1. The van der Waals surface area contributed by atoms with Gasteiger partial charge in [0.15, 0.2) is 0 Å². The summed E-state index contributed by atoms with van der Waals surface area (Å²) in [6.07, 6.45) is -0.682. The van der Waals surface area contributed by atoms with Gasteiger partial charge in [-0.3, -0.25) is 9.59 Å². The minimum absolute atomic E-state index is 0.0449. The largest absolute Gasteiger partial charge is 0.481 e. The van der Waals surface area contributed by atoms with Crippen LogP contribution >= 0.6 is 0 Å². The lowest BCUT2D eigenvalue weighted by atomic mass is 9.93. The average molecular weight is 439 g/mol. The van der Waals surface area contributed by atoms with Crippen molar-refractivity contribution in [2.24, 2.45) is 11.3 Å². The first-order chi connectivity index (χ1) is 15.1. The number of ether oxygens (including phenoxy) is 1. The molecule has 0 heterocycles. The fourth-order valence-corrected chi connectivity index (χ4v) is 3.80. The number of rotatable bonds is 8. The molecular weight excluding hydrogens is 408 g/mol. The molecule has 32 heavy (non-hydrogen) atoms. The van der Waals surface area contributed by atoms with Gasteiger partial charge in [0, 0.05) is 12.5 Å². The van der Waals surface area contributed by atoms with Gasteiger partial charge in [-0.05, 0) is 42.0 Å². The fraction of sp³-hybridized carbons (Fsp3) is 0.400. The van der Waals surface area contributed by atoms with E-state index in [0.29, 0.717) is 0 Å². The molecule has 2 amide bonds. The Bertz CT molecular complexity index is 969. The number of hydrogen-bond donors (Lipinski definition) is 3. The lowest BCUT2D eigenvalue weighted by Crippen LogP contribution is -2.52. The number of nitrogens with one attached hydrogen (secondary N) is 2. The van der Waals surface area contributed by atoms with Gasteiger partial charge in [0.25, 0.3) is 0 Å². The molecule has 7 nitrogen and oxygen atoms in total. The van der Waals surface area contributed by atoms with Crippen molar-refractivity contribution in [1.29, 1.82) is 0 Å². The average Bonchev–Trinajstić information content (AvgIpc) is 3.08. The Morgan fingerprint density at radius 1 is 1.00 bits per heavy atom. The molecule has 0 unspecified atom stereocenters. The topological polar surface area (TPSA) is 105 Å². The Kier molecular flexibility index (Phi) is 6.87. The van der Waals surface area contributed by atoms with E-state index in [0.717, 1.165) is 22.3 Å². The monoisotopic (exact) mass is 438 g/mol. The molecule has 7 heteroatoms.